The second-order valence-corrected chi connectivity index (χ2v) is 11.8. The summed E-state index contributed by atoms with van der Waals surface area (Å²) < 4.78 is 8.06. The van der Waals surface area contributed by atoms with E-state index in [2.05, 4.69) is 51.0 Å². The SMILES string of the molecule is CC[N](C)[Sn]1[N](C(C)C)C[N]1C(C)C. The molecule has 0 aromatic carbocycles. The number of hydrogen-bond donors (Lipinski definition) is 0. The molecule has 0 bridgehead atoms. The Morgan fingerprint density at radius 2 is 1.57 bits per heavy atom. The molecule has 1 radical (unpaired) electrons. The molecule has 1 aliphatic heterocycles. The van der Waals surface area contributed by atoms with Crippen molar-refractivity contribution in [3.8, 4) is 0 Å². The average molecular weight is 305 g/mol. The summed E-state index contributed by atoms with van der Waals surface area (Å²) in [6.07, 6.45) is 0. The van der Waals surface area contributed by atoms with Gasteiger partial charge in [-0.05, 0) is 0 Å². The van der Waals surface area contributed by atoms with E-state index in [0.29, 0.717) is 0 Å². The monoisotopic (exact) mass is 306 g/mol. The predicted octanol–water partition coefficient (Wildman–Crippen LogP) is 1.31. The van der Waals surface area contributed by atoms with Gasteiger partial charge in [-0.3, -0.25) is 0 Å². The molecule has 1 heterocycles. The van der Waals surface area contributed by atoms with E-state index >= 15 is 0 Å². The zero-order chi connectivity index (χ0) is 10.9. The first-order chi connectivity index (χ1) is 6.49. The summed E-state index contributed by atoms with van der Waals surface area (Å²) in [6, 6.07) is 1.46. The Morgan fingerprint density at radius 3 is 1.86 bits per heavy atom. The molecule has 0 atom stereocenters. The quantitative estimate of drug-likeness (QED) is 0.725. The average Bonchev–Trinajstić information content (AvgIpc) is 2.00. The number of nitrogens with zero attached hydrogens (tertiary/aromatic N) is 3. The Morgan fingerprint density at radius 1 is 1.14 bits per heavy atom. The van der Waals surface area contributed by atoms with Gasteiger partial charge in [0, 0.05) is 0 Å². The molecule has 0 N–H and O–H groups in total. The van der Waals surface area contributed by atoms with Crippen molar-refractivity contribution in [3.63, 3.8) is 0 Å². The molecule has 1 aliphatic rings. The van der Waals surface area contributed by atoms with Crippen LogP contribution in [0, 0.1) is 0 Å². The van der Waals surface area contributed by atoms with E-state index in [4.69, 9.17) is 0 Å². The van der Waals surface area contributed by atoms with Gasteiger partial charge < -0.3 is 0 Å². The first-order valence-corrected chi connectivity index (χ1v) is 9.43. The molecular weight excluding hydrogens is 281 g/mol. The normalized spacial score (nSPS) is 21.2. The Bertz CT molecular complexity index is 170. The van der Waals surface area contributed by atoms with Crippen LogP contribution in [0.4, 0.5) is 0 Å². The summed E-state index contributed by atoms with van der Waals surface area (Å²) in [5.41, 5.74) is 0. The molecule has 0 unspecified atom stereocenters. The van der Waals surface area contributed by atoms with Gasteiger partial charge in [-0.25, -0.2) is 0 Å². The Hall–Kier alpha value is 0.679. The van der Waals surface area contributed by atoms with Crippen molar-refractivity contribution in [2.24, 2.45) is 0 Å². The van der Waals surface area contributed by atoms with Crippen LogP contribution in [0.25, 0.3) is 0 Å². The van der Waals surface area contributed by atoms with Gasteiger partial charge in [0.25, 0.3) is 0 Å². The molecule has 1 fully saturated rings. The molecule has 83 valence electrons. The van der Waals surface area contributed by atoms with Crippen molar-refractivity contribution < 1.29 is 0 Å². The van der Waals surface area contributed by atoms with Crippen LogP contribution >= 0.6 is 0 Å². The van der Waals surface area contributed by atoms with Gasteiger partial charge in [-0.1, -0.05) is 0 Å². The standard InChI is InChI=1S/C7H16N2.C3H8N.Sn/c1-6(2)8-5-9-7(3)4;1-3-4-2;/h6-7H,5H2,1-4H3;3H2,1-2H3;/q-2;-1;+3. The summed E-state index contributed by atoms with van der Waals surface area (Å²) in [6.45, 7) is 13.9. The van der Waals surface area contributed by atoms with Gasteiger partial charge in [0.1, 0.15) is 0 Å². The Balaban J connectivity index is 2.61. The van der Waals surface area contributed by atoms with Crippen molar-refractivity contribution in [2.75, 3.05) is 20.3 Å². The Kier molecular flexibility index (Phi) is 4.68. The maximum absolute atomic E-state index is 2.73. The van der Waals surface area contributed by atoms with Gasteiger partial charge in [0.05, 0.1) is 0 Å². The summed E-state index contributed by atoms with van der Waals surface area (Å²) in [4.78, 5) is 0. The van der Waals surface area contributed by atoms with Crippen LogP contribution in [0.15, 0.2) is 0 Å². The third-order valence-electron chi connectivity index (χ3n) is 2.88. The van der Waals surface area contributed by atoms with Crippen LogP contribution in [0.5, 0.6) is 0 Å². The minimum absolute atomic E-state index is 0.730. The predicted molar refractivity (Wildman–Crippen MR) is 62.9 cm³/mol. The fraction of sp³-hybridized carbons (Fsp3) is 1.00. The summed E-state index contributed by atoms with van der Waals surface area (Å²) in [5, 5.41) is 0. The van der Waals surface area contributed by atoms with E-state index in [1.165, 1.54) is 13.2 Å². The molecule has 0 aromatic rings. The molecule has 0 saturated carbocycles. The molecule has 4 heteroatoms. The van der Waals surface area contributed by atoms with E-state index in [1.807, 2.05) is 0 Å². The summed E-state index contributed by atoms with van der Waals surface area (Å²) >= 11 is -1.55. The van der Waals surface area contributed by atoms with Crippen molar-refractivity contribution in [3.05, 3.63) is 0 Å². The number of rotatable bonds is 4. The van der Waals surface area contributed by atoms with E-state index < -0.39 is 20.6 Å². The first-order valence-electron chi connectivity index (χ1n) is 5.60. The van der Waals surface area contributed by atoms with Crippen LogP contribution in [-0.2, 0) is 0 Å². The molecule has 0 aliphatic carbocycles. The van der Waals surface area contributed by atoms with Crippen molar-refractivity contribution in [2.45, 2.75) is 46.7 Å². The minimum atomic E-state index is -1.55. The van der Waals surface area contributed by atoms with Gasteiger partial charge in [-0.15, -0.1) is 0 Å². The van der Waals surface area contributed by atoms with Crippen LogP contribution in [0.3, 0.4) is 0 Å². The van der Waals surface area contributed by atoms with E-state index in [9.17, 15) is 0 Å². The second kappa shape index (κ2) is 5.14. The van der Waals surface area contributed by atoms with Gasteiger partial charge in [0.2, 0.25) is 0 Å². The van der Waals surface area contributed by atoms with Crippen molar-refractivity contribution in [1.29, 1.82) is 0 Å². The molecule has 0 aromatic heterocycles. The van der Waals surface area contributed by atoms with E-state index in [1.54, 1.807) is 0 Å². The molecule has 14 heavy (non-hydrogen) atoms. The van der Waals surface area contributed by atoms with E-state index in [-0.39, 0.29) is 0 Å². The fourth-order valence-electron chi connectivity index (χ4n) is 1.75. The molecule has 1 saturated heterocycles. The third-order valence-corrected chi connectivity index (χ3v) is 12.4. The summed E-state index contributed by atoms with van der Waals surface area (Å²) in [5.74, 6) is 0. The van der Waals surface area contributed by atoms with Gasteiger partial charge in [-0.2, -0.15) is 0 Å². The Labute approximate surface area is 96.8 Å². The molecule has 3 nitrogen and oxygen atoms in total. The van der Waals surface area contributed by atoms with Crippen LogP contribution in [-0.4, -0.2) is 62.3 Å². The van der Waals surface area contributed by atoms with Gasteiger partial charge in [0.15, 0.2) is 0 Å². The van der Waals surface area contributed by atoms with Crippen LogP contribution in [0.2, 0.25) is 0 Å². The third kappa shape index (κ3) is 2.43. The first kappa shape index (κ1) is 12.7. The zero-order valence-electron chi connectivity index (χ0n) is 10.4. The van der Waals surface area contributed by atoms with Crippen LogP contribution < -0.4 is 0 Å². The zero-order valence-corrected chi connectivity index (χ0v) is 13.3. The van der Waals surface area contributed by atoms with Gasteiger partial charge >= 0.3 is 96.9 Å². The topological polar surface area (TPSA) is 9.72 Å². The fourth-order valence-corrected chi connectivity index (χ4v) is 9.58. The maximum atomic E-state index is 2.73. The van der Waals surface area contributed by atoms with E-state index in [0.717, 1.165) is 12.1 Å². The molecular formula is C10H24N3Sn. The second-order valence-electron chi connectivity index (χ2n) is 4.58. The summed E-state index contributed by atoms with van der Waals surface area (Å²) in [7, 11) is 2.29. The van der Waals surface area contributed by atoms with Crippen molar-refractivity contribution in [1.82, 2.24) is 9.36 Å². The molecule has 1 rings (SSSR count). The molecule has 0 amide bonds. The van der Waals surface area contributed by atoms with Crippen LogP contribution in [0.1, 0.15) is 34.6 Å². The number of hydrogen-bond acceptors (Lipinski definition) is 3. The van der Waals surface area contributed by atoms with Crippen molar-refractivity contribution >= 4 is 20.6 Å². The molecule has 0 spiro atoms.